The van der Waals surface area contributed by atoms with Crippen LogP contribution in [0.15, 0.2) is 30.3 Å². The molecule has 0 fully saturated rings. The van der Waals surface area contributed by atoms with Crippen LogP contribution in [-0.2, 0) is 4.79 Å². The van der Waals surface area contributed by atoms with Crippen molar-refractivity contribution < 1.29 is 9.59 Å². The second-order valence-electron chi connectivity index (χ2n) is 3.22. The Morgan fingerprint density at radius 3 is 2.19 bits per heavy atom. The highest BCUT2D eigenvalue weighted by Gasteiger charge is 2.20. The maximum Gasteiger partial charge on any atom is 0.331 e. The Labute approximate surface area is 95.5 Å². The average molecular weight is 219 g/mol. The first-order valence-corrected chi connectivity index (χ1v) is 5.26. The van der Waals surface area contributed by atoms with E-state index in [-0.39, 0.29) is 6.03 Å². The SMILES string of the molecule is CCN(CC)C(=O)N([C]=O)c1ccccc1. The summed E-state index contributed by atoms with van der Waals surface area (Å²) >= 11 is 0. The Bertz CT molecular complexity index is 347. The molecule has 0 heterocycles. The maximum atomic E-state index is 11.9. The second-order valence-corrected chi connectivity index (χ2v) is 3.22. The Morgan fingerprint density at radius 2 is 1.75 bits per heavy atom. The lowest BCUT2D eigenvalue weighted by molar-refractivity contribution is 0.213. The standard InChI is InChI=1S/C12H15N2O2/c1-3-13(4-2)12(16)14(10-15)11-8-6-5-7-9-11/h5-9H,3-4H2,1-2H3. The molecule has 1 aromatic rings. The molecule has 85 valence electrons. The second kappa shape index (κ2) is 5.90. The smallest absolute Gasteiger partial charge is 0.325 e. The molecule has 0 saturated carbocycles. The van der Waals surface area contributed by atoms with E-state index in [9.17, 15) is 9.59 Å². The Balaban J connectivity index is 2.91. The minimum absolute atomic E-state index is 0.341. The number of carbonyl (C=O) groups excluding carboxylic acids is 2. The van der Waals surface area contributed by atoms with Gasteiger partial charge in [0.1, 0.15) is 0 Å². The summed E-state index contributed by atoms with van der Waals surface area (Å²) in [6, 6.07) is 8.43. The van der Waals surface area contributed by atoms with Gasteiger partial charge in [-0.25, -0.2) is 9.69 Å². The Kier molecular flexibility index (Phi) is 4.51. The van der Waals surface area contributed by atoms with Crippen LogP contribution in [0.1, 0.15) is 13.8 Å². The first-order valence-electron chi connectivity index (χ1n) is 5.26. The number of benzene rings is 1. The number of urea groups is 1. The third-order valence-electron chi connectivity index (χ3n) is 2.33. The molecule has 4 nitrogen and oxygen atoms in total. The van der Waals surface area contributed by atoms with Gasteiger partial charge < -0.3 is 4.90 Å². The summed E-state index contributed by atoms with van der Waals surface area (Å²) in [4.78, 5) is 25.3. The number of para-hydroxylation sites is 1. The van der Waals surface area contributed by atoms with Crippen LogP contribution in [0.4, 0.5) is 10.5 Å². The van der Waals surface area contributed by atoms with Crippen LogP contribution in [0.2, 0.25) is 0 Å². The molecule has 0 unspecified atom stereocenters. The van der Waals surface area contributed by atoms with Gasteiger partial charge in [0, 0.05) is 13.1 Å². The predicted molar refractivity (Wildman–Crippen MR) is 62.9 cm³/mol. The lowest BCUT2D eigenvalue weighted by atomic mass is 10.3. The molecule has 0 saturated heterocycles. The van der Waals surface area contributed by atoms with Crippen molar-refractivity contribution in [3.05, 3.63) is 30.3 Å². The van der Waals surface area contributed by atoms with E-state index < -0.39 is 0 Å². The van der Waals surface area contributed by atoms with Gasteiger partial charge in [-0.3, -0.25) is 4.79 Å². The third kappa shape index (κ3) is 2.59. The van der Waals surface area contributed by atoms with Gasteiger partial charge in [-0.1, -0.05) is 18.2 Å². The number of amides is 3. The maximum absolute atomic E-state index is 11.9. The van der Waals surface area contributed by atoms with E-state index in [4.69, 9.17) is 0 Å². The van der Waals surface area contributed by atoms with Crippen LogP contribution in [0.3, 0.4) is 0 Å². The van der Waals surface area contributed by atoms with Gasteiger partial charge in [-0.05, 0) is 26.0 Å². The number of hydrogen-bond acceptors (Lipinski definition) is 2. The molecular formula is C12H15N2O2. The number of carbonyl (C=O) groups is 1. The highest BCUT2D eigenvalue weighted by molar-refractivity contribution is 6.06. The van der Waals surface area contributed by atoms with Crippen LogP contribution in [0.5, 0.6) is 0 Å². The highest BCUT2D eigenvalue weighted by atomic mass is 16.2. The highest BCUT2D eigenvalue weighted by Crippen LogP contribution is 2.13. The van der Waals surface area contributed by atoms with Crippen LogP contribution < -0.4 is 4.90 Å². The molecular weight excluding hydrogens is 204 g/mol. The van der Waals surface area contributed by atoms with Gasteiger partial charge in [0.2, 0.25) is 0 Å². The molecule has 0 spiro atoms. The fourth-order valence-corrected chi connectivity index (χ4v) is 1.41. The molecule has 0 N–H and O–H groups in total. The number of rotatable bonds is 4. The monoisotopic (exact) mass is 219 g/mol. The molecule has 0 bridgehead atoms. The molecule has 1 aromatic carbocycles. The lowest BCUT2D eigenvalue weighted by Crippen LogP contribution is -2.42. The molecule has 0 aromatic heterocycles. The third-order valence-corrected chi connectivity index (χ3v) is 2.33. The van der Waals surface area contributed by atoms with E-state index in [1.807, 2.05) is 19.9 Å². The molecule has 0 aliphatic heterocycles. The minimum atomic E-state index is -0.341. The summed E-state index contributed by atoms with van der Waals surface area (Å²) in [6.45, 7) is 4.88. The quantitative estimate of drug-likeness (QED) is 0.727. The van der Waals surface area contributed by atoms with E-state index in [2.05, 4.69) is 0 Å². The van der Waals surface area contributed by atoms with E-state index >= 15 is 0 Å². The predicted octanol–water partition coefficient (Wildman–Crippen LogP) is 2.02. The summed E-state index contributed by atoms with van der Waals surface area (Å²) in [5.74, 6) is 0. The van der Waals surface area contributed by atoms with Crippen LogP contribution >= 0.6 is 0 Å². The molecule has 16 heavy (non-hydrogen) atoms. The van der Waals surface area contributed by atoms with Gasteiger partial charge in [-0.2, -0.15) is 0 Å². The number of imide groups is 1. The van der Waals surface area contributed by atoms with Gasteiger partial charge >= 0.3 is 12.4 Å². The number of anilines is 1. The number of nitrogens with zero attached hydrogens (tertiary/aromatic N) is 2. The van der Waals surface area contributed by atoms with Crippen molar-refractivity contribution in [1.82, 2.24) is 4.90 Å². The van der Waals surface area contributed by atoms with Crippen molar-refractivity contribution >= 4 is 18.1 Å². The lowest BCUT2D eigenvalue weighted by Gasteiger charge is -2.24. The summed E-state index contributed by atoms with van der Waals surface area (Å²) in [5, 5.41) is 0. The average Bonchev–Trinajstić information content (AvgIpc) is 2.33. The van der Waals surface area contributed by atoms with Crippen molar-refractivity contribution in [2.75, 3.05) is 18.0 Å². The fourth-order valence-electron chi connectivity index (χ4n) is 1.41. The van der Waals surface area contributed by atoms with Crippen molar-refractivity contribution in [3.63, 3.8) is 0 Å². The molecule has 0 atom stereocenters. The van der Waals surface area contributed by atoms with Crippen molar-refractivity contribution in [2.24, 2.45) is 0 Å². The zero-order valence-electron chi connectivity index (χ0n) is 9.51. The van der Waals surface area contributed by atoms with Crippen molar-refractivity contribution in [3.8, 4) is 0 Å². The summed E-state index contributed by atoms with van der Waals surface area (Å²) in [5.41, 5.74) is 0.536. The molecule has 1 radical (unpaired) electrons. The van der Waals surface area contributed by atoms with Gasteiger partial charge in [0.15, 0.2) is 0 Å². The molecule has 1 rings (SSSR count). The Hall–Kier alpha value is -1.84. The van der Waals surface area contributed by atoms with Gasteiger partial charge in [0.25, 0.3) is 0 Å². The minimum Gasteiger partial charge on any atom is -0.325 e. The topological polar surface area (TPSA) is 40.6 Å². The summed E-state index contributed by atoms with van der Waals surface area (Å²) in [7, 11) is 0. The van der Waals surface area contributed by atoms with Crippen LogP contribution in [0, 0.1) is 0 Å². The zero-order valence-corrected chi connectivity index (χ0v) is 9.51. The summed E-state index contributed by atoms with van der Waals surface area (Å²) < 4.78 is 0. The largest absolute Gasteiger partial charge is 0.331 e. The Morgan fingerprint density at radius 1 is 1.19 bits per heavy atom. The van der Waals surface area contributed by atoms with Crippen LogP contribution in [0.25, 0.3) is 0 Å². The van der Waals surface area contributed by atoms with E-state index in [1.165, 1.54) is 0 Å². The molecule has 0 aliphatic carbocycles. The van der Waals surface area contributed by atoms with Gasteiger partial charge in [0.05, 0.1) is 5.69 Å². The molecule has 3 amide bonds. The first kappa shape index (κ1) is 12.2. The van der Waals surface area contributed by atoms with Crippen molar-refractivity contribution in [2.45, 2.75) is 13.8 Å². The zero-order chi connectivity index (χ0) is 12.0. The van der Waals surface area contributed by atoms with Crippen LogP contribution in [-0.4, -0.2) is 30.4 Å². The normalized spacial score (nSPS) is 9.62. The number of hydrogen-bond donors (Lipinski definition) is 0. The van der Waals surface area contributed by atoms with E-state index in [1.54, 1.807) is 35.6 Å². The van der Waals surface area contributed by atoms with E-state index in [0.717, 1.165) is 4.90 Å². The molecule has 4 heteroatoms. The van der Waals surface area contributed by atoms with Crippen molar-refractivity contribution in [1.29, 1.82) is 0 Å². The molecule has 0 aliphatic rings. The fraction of sp³-hybridized carbons (Fsp3) is 0.333. The van der Waals surface area contributed by atoms with E-state index in [0.29, 0.717) is 18.8 Å². The summed E-state index contributed by atoms with van der Waals surface area (Å²) in [6.07, 6.45) is 1.66. The first-order chi connectivity index (χ1) is 7.74. The van der Waals surface area contributed by atoms with Gasteiger partial charge in [-0.15, -0.1) is 0 Å².